The number of nitrogens with one attached hydrogen (secondary N) is 2. The second-order valence-corrected chi connectivity index (χ2v) is 7.05. The lowest BCUT2D eigenvalue weighted by Gasteiger charge is -2.22. The molecule has 0 bridgehead atoms. The summed E-state index contributed by atoms with van der Waals surface area (Å²) < 4.78 is 16.8. The molecule has 130 valence electrons. The second kappa shape index (κ2) is 10.8. The van der Waals surface area contributed by atoms with E-state index in [1.807, 2.05) is 24.3 Å². The Labute approximate surface area is 146 Å². The van der Waals surface area contributed by atoms with Crippen molar-refractivity contribution in [1.82, 2.24) is 5.32 Å². The summed E-state index contributed by atoms with van der Waals surface area (Å²) in [4.78, 5) is 12.2. The summed E-state index contributed by atoms with van der Waals surface area (Å²) >= 11 is 0. The molecular weight excluding hydrogens is 336 g/mol. The van der Waals surface area contributed by atoms with Gasteiger partial charge in [0.1, 0.15) is 0 Å². The Balaban J connectivity index is 0.00000264. The van der Waals surface area contributed by atoms with Crippen LogP contribution >= 0.6 is 12.4 Å². The van der Waals surface area contributed by atoms with E-state index in [0.717, 1.165) is 37.1 Å². The highest BCUT2D eigenvalue weighted by molar-refractivity contribution is 7.84. The fraction of sp³-hybridized carbons (Fsp3) is 0.562. The van der Waals surface area contributed by atoms with Crippen LogP contribution in [0.3, 0.4) is 0 Å². The zero-order valence-corrected chi connectivity index (χ0v) is 15.0. The van der Waals surface area contributed by atoms with E-state index in [2.05, 4.69) is 10.6 Å². The molecule has 2 rings (SSSR count). The van der Waals surface area contributed by atoms with E-state index in [4.69, 9.17) is 4.74 Å². The quantitative estimate of drug-likeness (QED) is 0.781. The van der Waals surface area contributed by atoms with Gasteiger partial charge in [0, 0.05) is 35.1 Å². The van der Waals surface area contributed by atoms with Gasteiger partial charge in [-0.1, -0.05) is 18.6 Å². The summed E-state index contributed by atoms with van der Waals surface area (Å²) in [5.74, 6) is 1.02. The van der Waals surface area contributed by atoms with Gasteiger partial charge in [-0.2, -0.15) is 0 Å². The largest absolute Gasteiger partial charge is 0.384 e. The van der Waals surface area contributed by atoms with E-state index in [0.29, 0.717) is 18.1 Å². The van der Waals surface area contributed by atoms with Gasteiger partial charge >= 0.3 is 0 Å². The Morgan fingerprint density at radius 1 is 1.43 bits per heavy atom. The van der Waals surface area contributed by atoms with Crippen molar-refractivity contribution in [2.75, 3.05) is 31.3 Å². The van der Waals surface area contributed by atoms with Crippen molar-refractivity contribution in [1.29, 1.82) is 0 Å². The maximum atomic E-state index is 12.2. The van der Waals surface area contributed by atoms with Crippen molar-refractivity contribution in [3.63, 3.8) is 0 Å². The molecule has 1 heterocycles. The third kappa shape index (κ3) is 6.99. The maximum Gasteiger partial charge on any atom is 0.241 e. The smallest absolute Gasteiger partial charge is 0.241 e. The minimum absolute atomic E-state index is 0. The molecule has 1 saturated heterocycles. The Hall–Kier alpha value is -0.950. The monoisotopic (exact) mass is 360 g/mol. The molecule has 1 aliphatic rings. The molecule has 1 aromatic carbocycles. The standard InChI is InChI=1S/C16H24N2O3S.ClH/c1-21-9-10-22(20)12-13-5-4-6-14(11-13)18-16(19)15-7-2-3-8-17-15;/h4-6,11,15,17H,2-3,7-10,12H2,1H3,(H,18,19);1H. The number of rotatable bonds is 7. The highest BCUT2D eigenvalue weighted by Gasteiger charge is 2.20. The number of ether oxygens (including phenoxy) is 1. The average Bonchev–Trinajstić information content (AvgIpc) is 2.54. The lowest BCUT2D eigenvalue weighted by Crippen LogP contribution is -2.43. The van der Waals surface area contributed by atoms with E-state index >= 15 is 0 Å². The minimum Gasteiger partial charge on any atom is -0.384 e. The fourth-order valence-corrected chi connectivity index (χ4v) is 3.53. The van der Waals surface area contributed by atoms with Crippen molar-refractivity contribution in [3.05, 3.63) is 29.8 Å². The van der Waals surface area contributed by atoms with Gasteiger partial charge in [-0.3, -0.25) is 9.00 Å². The lowest BCUT2D eigenvalue weighted by molar-refractivity contribution is -0.118. The fourth-order valence-electron chi connectivity index (χ4n) is 2.48. The van der Waals surface area contributed by atoms with Crippen LogP contribution in [-0.2, 0) is 26.1 Å². The topological polar surface area (TPSA) is 67.4 Å². The van der Waals surface area contributed by atoms with E-state index in [-0.39, 0.29) is 24.4 Å². The molecule has 0 radical (unpaired) electrons. The summed E-state index contributed by atoms with van der Waals surface area (Å²) in [5.41, 5.74) is 1.72. The van der Waals surface area contributed by atoms with E-state index in [9.17, 15) is 9.00 Å². The molecule has 5 nitrogen and oxygen atoms in total. The van der Waals surface area contributed by atoms with Gasteiger partial charge < -0.3 is 15.4 Å². The molecule has 2 unspecified atom stereocenters. The number of carbonyl (C=O) groups is 1. The van der Waals surface area contributed by atoms with Crippen molar-refractivity contribution < 1.29 is 13.7 Å². The SMILES string of the molecule is COCCS(=O)Cc1cccc(NC(=O)C2CCCCN2)c1.Cl. The molecular formula is C16H25ClN2O3S. The summed E-state index contributed by atoms with van der Waals surface area (Å²) in [6.45, 7) is 1.40. The van der Waals surface area contributed by atoms with Crippen LogP contribution < -0.4 is 10.6 Å². The molecule has 23 heavy (non-hydrogen) atoms. The second-order valence-electron chi connectivity index (χ2n) is 5.47. The molecule has 0 saturated carbocycles. The first-order valence-electron chi connectivity index (χ1n) is 7.66. The van der Waals surface area contributed by atoms with Gasteiger partial charge in [0.15, 0.2) is 0 Å². The predicted octanol–water partition coefficient (Wildman–Crippen LogP) is 2.08. The van der Waals surface area contributed by atoms with Crippen molar-refractivity contribution in [2.45, 2.75) is 31.1 Å². The third-order valence-corrected chi connectivity index (χ3v) is 4.94. The number of methoxy groups -OCH3 is 1. The molecule has 0 aromatic heterocycles. The van der Waals surface area contributed by atoms with Gasteiger partial charge in [0.25, 0.3) is 0 Å². The Bertz CT molecular complexity index is 522. The lowest BCUT2D eigenvalue weighted by atomic mass is 10.0. The van der Waals surface area contributed by atoms with Crippen LogP contribution in [0.5, 0.6) is 0 Å². The summed E-state index contributed by atoms with van der Waals surface area (Å²) in [6, 6.07) is 7.47. The molecule has 0 spiro atoms. The van der Waals surface area contributed by atoms with Gasteiger partial charge in [-0.25, -0.2) is 0 Å². The number of hydrogen-bond acceptors (Lipinski definition) is 4. The molecule has 1 aromatic rings. The molecule has 7 heteroatoms. The van der Waals surface area contributed by atoms with Crippen LogP contribution in [0.15, 0.2) is 24.3 Å². The van der Waals surface area contributed by atoms with Crippen molar-refractivity contribution >= 4 is 34.8 Å². The number of halogens is 1. The summed E-state index contributed by atoms with van der Waals surface area (Å²) in [5, 5.41) is 6.18. The van der Waals surface area contributed by atoms with Crippen molar-refractivity contribution in [2.24, 2.45) is 0 Å². The number of hydrogen-bond donors (Lipinski definition) is 2. The van der Waals surface area contributed by atoms with E-state index in [1.54, 1.807) is 7.11 Å². The summed E-state index contributed by atoms with van der Waals surface area (Å²) in [7, 11) is 0.658. The predicted molar refractivity (Wildman–Crippen MR) is 96.6 cm³/mol. The van der Waals surface area contributed by atoms with Gasteiger partial charge in [-0.05, 0) is 37.1 Å². The van der Waals surface area contributed by atoms with Gasteiger partial charge in [0.05, 0.1) is 12.6 Å². The van der Waals surface area contributed by atoms with Crippen LogP contribution in [-0.4, -0.2) is 42.2 Å². The maximum absolute atomic E-state index is 12.2. The first-order valence-corrected chi connectivity index (χ1v) is 9.15. The van der Waals surface area contributed by atoms with Crippen LogP contribution in [0.4, 0.5) is 5.69 Å². The molecule has 2 atom stereocenters. The zero-order valence-electron chi connectivity index (χ0n) is 13.4. The minimum atomic E-state index is -0.946. The highest BCUT2D eigenvalue weighted by Crippen LogP contribution is 2.15. The first-order chi connectivity index (χ1) is 10.7. The van der Waals surface area contributed by atoms with E-state index < -0.39 is 10.8 Å². The van der Waals surface area contributed by atoms with Crippen LogP contribution in [0, 0.1) is 0 Å². The first kappa shape index (κ1) is 20.1. The molecule has 0 aliphatic carbocycles. The molecule has 2 N–H and O–H groups in total. The molecule has 1 amide bonds. The van der Waals surface area contributed by atoms with Crippen LogP contribution in [0.2, 0.25) is 0 Å². The van der Waals surface area contributed by atoms with Crippen LogP contribution in [0.25, 0.3) is 0 Å². The van der Waals surface area contributed by atoms with Crippen molar-refractivity contribution in [3.8, 4) is 0 Å². The van der Waals surface area contributed by atoms with E-state index in [1.165, 1.54) is 0 Å². The number of benzene rings is 1. The third-order valence-electron chi connectivity index (χ3n) is 3.66. The Morgan fingerprint density at radius 3 is 2.96 bits per heavy atom. The van der Waals surface area contributed by atoms with Gasteiger partial charge in [0.2, 0.25) is 5.91 Å². The van der Waals surface area contributed by atoms with Gasteiger partial charge in [-0.15, -0.1) is 12.4 Å². The normalized spacial score (nSPS) is 18.7. The average molecular weight is 361 g/mol. The Kier molecular flexibility index (Phi) is 9.40. The number of carbonyl (C=O) groups excluding carboxylic acids is 1. The molecule has 1 fully saturated rings. The number of piperidine rings is 1. The van der Waals surface area contributed by atoms with Crippen LogP contribution in [0.1, 0.15) is 24.8 Å². The number of anilines is 1. The highest BCUT2D eigenvalue weighted by atomic mass is 35.5. The molecule has 1 aliphatic heterocycles. The Morgan fingerprint density at radius 2 is 2.26 bits per heavy atom. The summed E-state index contributed by atoms with van der Waals surface area (Å²) in [6.07, 6.45) is 3.10. The number of amides is 1. The zero-order chi connectivity index (χ0) is 15.8.